The molecule has 0 fully saturated rings. The van der Waals surface area contributed by atoms with Crippen molar-refractivity contribution < 1.29 is 22.7 Å². The highest BCUT2D eigenvalue weighted by molar-refractivity contribution is 7.91. The molecule has 2 aromatic carbocycles. The summed E-state index contributed by atoms with van der Waals surface area (Å²) in [6, 6.07) is 13.9. The van der Waals surface area contributed by atoms with E-state index in [0.29, 0.717) is 18.0 Å². The number of thiophene rings is 1. The Morgan fingerprint density at radius 3 is 2.59 bits per heavy atom. The van der Waals surface area contributed by atoms with Crippen LogP contribution in [0, 0.1) is 0 Å². The van der Waals surface area contributed by atoms with Gasteiger partial charge in [0, 0.05) is 28.2 Å². The van der Waals surface area contributed by atoms with Crippen molar-refractivity contribution in [1.82, 2.24) is 0 Å². The van der Waals surface area contributed by atoms with Crippen molar-refractivity contribution in [2.45, 2.75) is 41.9 Å². The zero-order chi connectivity index (χ0) is 22.7. The second-order valence-corrected chi connectivity index (χ2v) is 10.4. The number of rotatable bonds is 8. The molecule has 1 aliphatic heterocycles. The number of carbonyl (C=O) groups is 1. The molecule has 1 aliphatic rings. The third kappa shape index (κ3) is 4.25. The van der Waals surface area contributed by atoms with Crippen LogP contribution in [0.15, 0.2) is 63.7 Å². The Kier molecular flexibility index (Phi) is 6.53. The minimum Gasteiger partial charge on any atom is -0.497 e. The van der Waals surface area contributed by atoms with Crippen LogP contribution in [0.3, 0.4) is 0 Å². The normalized spacial score (nSPS) is 15.7. The molecule has 1 aromatic heterocycles. The molecule has 8 heteroatoms. The summed E-state index contributed by atoms with van der Waals surface area (Å²) in [7, 11) is -2.28. The van der Waals surface area contributed by atoms with Gasteiger partial charge in [0.2, 0.25) is 15.7 Å². The fraction of sp³-hybridized carbons (Fsp3) is 0.292. The van der Waals surface area contributed by atoms with Gasteiger partial charge < -0.3 is 14.8 Å². The SMILES string of the molecule is CCCCOc1ccccc1C1CC(=O)Nc2c(S(=O)(=O)c3ccc(OC)cc3)csc21. The van der Waals surface area contributed by atoms with Crippen molar-refractivity contribution >= 4 is 32.8 Å². The number of benzene rings is 2. The van der Waals surface area contributed by atoms with Gasteiger partial charge in [-0.25, -0.2) is 8.42 Å². The lowest BCUT2D eigenvalue weighted by Crippen LogP contribution is -2.23. The molecule has 1 atom stereocenters. The standard InChI is InChI=1S/C24H25NO5S2/c1-3-4-13-30-20-8-6-5-7-18(20)19-14-22(26)25-23-21(15-31-24(19)23)32(27,28)17-11-9-16(29-2)10-12-17/h5-12,15,19H,3-4,13-14H2,1-2H3,(H,25,26). The van der Waals surface area contributed by atoms with Gasteiger partial charge in [0.15, 0.2) is 0 Å². The van der Waals surface area contributed by atoms with Gasteiger partial charge in [0.25, 0.3) is 0 Å². The molecule has 1 unspecified atom stereocenters. The summed E-state index contributed by atoms with van der Waals surface area (Å²) in [6.07, 6.45) is 2.20. The van der Waals surface area contributed by atoms with Crippen molar-refractivity contribution in [3.8, 4) is 11.5 Å². The Labute approximate surface area is 192 Å². The molecule has 0 saturated carbocycles. The first-order chi connectivity index (χ1) is 15.5. The second-order valence-electron chi connectivity index (χ2n) is 7.56. The van der Waals surface area contributed by atoms with E-state index in [1.54, 1.807) is 17.5 Å². The number of amides is 1. The molecule has 0 radical (unpaired) electrons. The maximum atomic E-state index is 13.3. The minimum atomic E-state index is -3.81. The van der Waals surface area contributed by atoms with Gasteiger partial charge in [-0.05, 0) is 36.8 Å². The van der Waals surface area contributed by atoms with Crippen molar-refractivity contribution in [2.75, 3.05) is 19.0 Å². The lowest BCUT2D eigenvalue weighted by atomic mass is 9.90. The van der Waals surface area contributed by atoms with Crippen LogP contribution in [0.1, 0.15) is 42.5 Å². The molecule has 4 rings (SSSR count). The van der Waals surface area contributed by atoms with E-state index in [2.05, 4.69) is 12.2 Å². The first kappa shape index (κ1) is 22.4. The Morgan fingerprint density at radius 2 is 1.88 bits per heavy atom. The van der Waals surface area contributed by atoms with Gasteiger partial charge in [-0.2, -0.15) is 0 Å². The van der Waals surface area contributed by atoms with E-state index >= 15 is 0 Å². The fourth-order valence-electron chi connectivity index (χ4n) is 3.76. The number of para-hydroxylation sites is 1. The van der Waals surface area contributed by atoms with Crippen LogP contribution in [0.2, 0.25) is 0 Å². The molecular formula is C24H25NO5S2. The average molecular weight is 472 g/mol. The van der Waals surface area contributed by atoms with Crippen LogP contribution in [-0.2, 0) is 14.6 Å². The predicted molar refractivity (Wildman–Crippen MR) is 125 cm³/mol. The largest absolute Gasteiger partial charge is 0.497 e. The average Bonchev–Trinajstić information content (AvgIpc) is 3.24. The highest BCUT2D eigenvalue weighted by Gasteiger charge is 2.35. The summed E-state index contributed by atoms with van der Waals surface area (Å²) in [5, 5.41) is 4.42. The number of fused-ring (bicyclic) bond motifs is 1. The Bertz CT molecular complexity index is 1220. The van der Waals surface area contributed by atoms with Crippen molar-refractivity contribution in [3.63, 3.8) is 0 Å². The van der Waals surface area contributed by atoms with E-state index in [1.165, 1.54) is 30.6 Å². The molecule has 0 aliphatic carbocycles. The molecule has 0 bridgehead atoms. The summed E-state index contributed by atoms with van der Waals surface area (Å²) >= 11 is 1.35. The Morgan fingerprint density at radius 1 is 1.12 bits per heavy atom. The van der Waals surface area contributed by atoms with Crippen molar-refractivity contribution in [1.29, 1.82) is 0 Å². The summed E-state index contributed by atoms with van der Waals surface area (Å²) in [5.41, 5.74) is 1.27. The number of hydrogen-bond acceptors (Lipinski definition) is 6. The molecule has 2 heterocycles. The zero-order valence-corrected chi connectivity index (χ0v) is 19.6. The van der Waals surface area contributed by atoms with Gasteiger partial charge in [-0.1, -0.05) is 31.5 Å². The van der Waals surface area contributed by atoms with Crippen LogP contribution >= 0.6 is 11.3 Å². The number of carbonyl (C=O) groups excluding carboxylic acids is 1. The van der Waals surface area contributed by atoms with Gasteiger partial charge in [0.05, 0.1) is 24.3 Å². The van der Waals surface area contributed by atoms with Gasteiger partial charge in [-0.15, -0.1) is 11.3 Å². The number of sulfone groups is 1. The first-order valence-corrected chi connectivity index (χ1v) is 12.8. The van der Waals surface area contributed by atoms with Gasteiger partial charge in [0.1, 0.15) is 16.4 Å². The Balaban J connectivity index is 1.74. The monoisotopic (exact) mass is 471 g/mol. The maximum Gasteiger partial charge on any atom is 0.225 e. The fourth-order valence-corrected chi connectivity index (χ4v) is 6.66. The van der Waals surface area contributed by atoms with E-state index in [-0.39, 0.29) is 28.0 Å². The molecule has 6 nitrogen and oxygen atoms in total. The Hall–Kier alpha value is -2.84. The first-order valence-electron chi connectivity index (χ1n) is 10.5. The van der Waals surface area contributed by atoms with E-state index in [4.69, 9.17) is 9.47 Å². The lowest BCUT2D eigenvalue weighted by Gasteiger charge is -2.25. The predicted octanol–water partition coefficient (Wildman–Crippen LogP) is 5.24. The van der Waals surface area contributed by atoms with E-state index < -0.39 is 9.84 Å². The van der Waals surface area contributed by atoms with Crippen LogP contribution in [-0.4, -0.2) is 28.0 Å². The summed E-state index contributed by atoms with van der Waals surface area (Å²) in [5.74, 6) is 0.834. The molecule has 168 valence electrons. The molecule has 1 amide bonds. The van der Waals surface area contributed by atoms with E-state index in [0.717, 1.165) is 29.0 Å². The highest BCUT2D eigenvalue weighted by atomic mass is 32.2. The number of hydrogen-bond donors (Lipinski definition) is 1. The van der Waals surface area contributed by atoms with Crippen molar-refractivity contribution in [3.05, 3.63) is 64.4 Å². The zero-order valence-electron chi connectivity index (χ0n) is 18.0. The summed E-state index contributed by atoms with van der Waals surface area (Å²) in [4.78, 5) is 13.7. The third-order valence-electron chi connectivity index (χ3n) is 5.47. The number of ether oxygens (including phenoxy) is 2. The summed E-state index contributed by atoms with van der Waals surface area (Å²) < 4.78 is 37.8. The second kappa shape index (κ2) is 9.34. The smallest absolute Gasteiger partial charge is 0.225 e. The minimum absolute atomic E-state index is 0.116. The highest BCUT2D eigenvalue weighted by Crippen LogP contribution is 2.47. The number of unbranched alkanes of at least 4 members (excludes halogenated alkanes) is 1. The number of methoxy groups -OCH3 is 1. The molecule has 0 spiro atoms. The third-order valence-corrected chi connectivity index (χ3v) is 8.50. The molecule has 32 heavy (non-hydrogen) atoms. The topological polar surface area (TPSA) is 81.7 Å². The van der Waals surface area contributed by atoms with E-state index in [9.17, 15) is 13.2 Å². The van der Waals surface area contributed by atoms with Gasteiger partial charge >= 0.3 is 0 Å². The lowest BCUT2D eigenvalue weighted by molar-refractivity contribution is -0.116. The van der Waals surface area contributed by atoms with Crippen molar-refractivity contribution in [2.24, 2.45) is 0 Å². The number of nitrogens with one attached hydrogen (secondary N) is 1. The molecule has 3 aromatic rings. The van der Waals surface area contributed by atoms with Crippen LogP contribution in [0.25, 0.3) is 0 Å². The molecule has 0 saturated heterocycles. The van der Waals surface area contributed by atoms with E-state index in [1.807, 2.05) is 24.3 Å². The molecule has 1 N–H and O–H groups in total. The molecular weight excluding hydrogens is 446 g/mol. The van der Waals surface area contributed by atoms with Gasteiger partial charge in [-0.3, -0.25) is 4.79 Å². The number of anilines is 1. The summed E-state index contributed by atoms with van der Waals surface area (Å²) in [6.45, 7) is 2.70. The quantitative estimate of drug-likeness (QED) is 0.454. The maximum absolute atomic E-state index is 13.3. The van der Waals surface area contributed by atoms with Crippen LogP contribution in [0.5, 0.6) is 11.5 Å². The van der Waals surface area contributed by atoms with Crippen LogP contribution < -0.4 is 14.8 Å². The van der Waals surface area contributed by atoms with Crippen LogP contribution in [0.4, 0.5) is 5.69 Å².